The van der Waals surface area contributed by atoms with Crippen molar-refractivity contribution >= 4 is 0 Å². The highest BCUT2D eigenvalue weighted by molar-refractivity contribution is 5.37. The summed E-state index contributed by atoms with van der Waals surface area (Å²) in [4.78, 5) is 3.84. The van der Waals surface area contributed by atoms with Gasteiger partial charge in [0.15, 0.2) is 0 Å². The van der Waals surface area contributed by atoms with E-state index in [4.69, 9.17) is 5.73 Å². The van der Waals surface area contributed by atoms with Crippen molar-refractivity contribution in [1.82, 2.24) is 4.98 Å². The van der Waals surface area contributed by atoms with Gasteiger partial charge in [0.1, 0.15) is 0 Å². The zero-order valence-corrected chi connectivity index (χ0v) is 11.2. The predicted octanol–water partition coefficient (Wildman–Crippen LogP) is 3.77. The fraction of sp³-hybridized carbons (Fsp3) is 0.267. The molecule has 106 valence electrons. The van der Waals surface area contributed by atoms with Crippen LogP contribution < -0.4 is 5.73 Å². The number of pyridine rings is 1. The first-order valence-corrected chi connectivity index (χ1v) is 6.15. The van der Waals surface area contributed by atoms with E-state index in [1.54, 1.807) is 0 Å². The van der Waals surface area contributed by atoms with Crippen LogP contribution in [0.3, 0.4) is 0 Å². The van der Waals surface area contributed by atoms with Crippen molar-refractivity contribution in [1.29, 1.82) is 0 Å². The molecule has 0 amide bonds. The largest absolute Gasteiger partial charge is 0.417 e. The lowest BCUT2D eigenvalue weighted by atomic mass is 9.97. The summed E-state index contributed by atoms with van der Waals surface area (Å²) < 4.78 is 37.4. The first-order chi connectivity index (χ1) is 9.29. The van der Waals surface area contributed by atoms with Gasteiger partial charge < -0.3 is 5.73 Å². The molecule has 0 bridgehead atoms. The molecule has 2 rings (SSSR count). The molecule has 1 aromatic carbocycles. The summed E-state index contributed by atoms with van der Waals surface area (Å²) in [6.07, 6.45) is -3.56. The molecular weight excluding hydrogens is 265 g/mol. The summed E-state index contributed by atoms with van der Waals surface area (Å²) in [6, 6.07) is 7.59. The molecule has 1 heterocycles. The van der Waals surface area contributed by atoms with Crippen LogP contribution in [0.25, 0.3) is 0 Å². The maximum atomic E-state index is 12.5. The Morgan fingerprint density at radius 2 is 1.80 bits per heavy atom. The smallest absolute Gasteiger partial charge is 0.319 e. The Morgan fingerprint density at radius 3 is 2.30 bits per heavy atom. The zero-order valence-electron chi connectivity index (χ0n) is 11.2. The molecule has 2 N–H and O–H groups in total. The Kier molecular flexibility index (Phi) is 3.81. The second-order valence-corrected chi connectivity index (χ2v) is 4.81. The SMILES string of the molecule is Cc1ccc(C(N)c2ccc(C(F)(F)F)cn2)c(C)c1. The van der Waals surface area contributed by atoms with Gasteiger partial charge in [0.05, 0.1) is 17.3 Å². The van der Waals surface area contributed by atoms with Crippen molar-refractivity contribution < 1.29 is 13.2 Å². The molecule has 0 aliphatic heterocycles. The fourth-order valence-electron chi connectivity index (χ4n) is 2.09. The Balaban J connectivity index is 2.31. The summed E-state index contributed by atoms with van der Waals surface area (Å²) in [6.45, 7) is 3.89. The number of benzene rings is 1. The van der Waals surface area contributed by atoms with Crippen molar-refractivity contribution in [3.8, 4) is 0 Å². The molecule has 0 radical (unpaired) electrons. The molecule has 0 aliphatic carbocycles. The van der Waals surface area contributed by atoms with Gasteiger partial charge in [-0.25, -0.2) is 0 Å². The van der Waals surface area contributed by atoms with Crippen LogP contribution in [0.15, 0.2) is 36.5 Å². The molecule has 0 saturated heterocycles. The van der Waals surface area contributed by atoms with Gasteiger partial charge in [-0.05, 0) is 37.1 Å². The van der Waals surface area contributed by atoms with Gasteiger partial charge in [0.25, 0.3) is 0 Å². The van der Waals surface area contributed by atoms with Gasteiger partial charge in [-0.1, -0.05) is 23.8 Å². The molecule has 1 atom stereocenters. The van der Waals surface area contributed by atoms with Gasteiger partial charge in [0, 0.05) is 6.20 Å². The molecule has 1 unspecified atom stereocenters. The number of hydrogen-bond acceptors (Lipinski definition) is 2. The quantitative estimate of drug-likeness (QED) is 0.909. The van der Waals surface area contributed by atoms with Gasteiger partial charge >= 0.3 is 6.18 Å². The minimum Gasteiger partial charge on any atom is -0.319 e. The standard InChI is InChI=1S/C15H15F3N2/c1-9-3-5-12(10(2)7-9)14(19)13-6-4-11(8-20-13)15(16,17)18/h3-8,14H,19H2,1-2H3. The fourth-order valence-corrected chi connectivity index (χ4v) is 2.09. The second-order valence-electron chi connectivity index (χ2n) is 4.81. The van der Waals surface area contributed by atoms with Crippen LogP contribution in [0.5, 0.6) is 0 Å². The van der Waals surface area contributed by atoms with Crippen LogP contribution in [0.4, 0.5) is 13.2 Å². The summed E-state index contributed by atoms with van der Waals surface area (Å²) in [7, 11) is 0. The van der Waals surface area contributed by atoms with Crippen LogP contribution in [-0.4, -0.2) is 4.98 Å². The number of nitrogens with two attached hydrogens (primary N) is 1. The van der Waals surface area contributed by atoms with E-state index in [2.05, 4.69) is 4.98 Å². The minimum atomic E-state index is -4.38. The third-order valence-electron chi connectivity index (χ3n) is 3.19. The van der Waals surface area contributed by atoms with E-state index in [1.165, 1.54) is 6.07 Å². The first kappa shape index (κ1) is 14.5. The number of alkyl halides is 3. The highest BCUT2D eigenvalue weighted by Crippen LogP contribution is 2.29. The van der Waals surface area contributed by atoms with E-state index >= 15 is 0 Å². The Bertz CT molecular complexity index is 604. The average Bonchev–Trinajstić information content (AvgIpc) is 2.37. The lowest BCUT2D eigenvalue weighted by Gasteiger charge is -2.15. The lowest BCUT2D eigenvalue weighted by molar-refractivity contribution is -0.137. The van der Waals surface area contributed by atoms with Crippen LogP contribution in [0, 0.1) is 13.8 Å². The highest BCUT2D eigenvalue weighted by atomic mass is 19.4. The number of hydrogen-bond donors (Lipinski definition) is 1. The number of halogens is 3. The molecule has 0 aliphatic rings. The Morgan fingerprint density at radius 1 is 1.10 bits per heavy atom. The third kappa shape index (κ3) is 2.99. The average molecular weight is 280 g/mol. The van der Waals surface area contributed by atoms with Crippen LogP contribution in [-0.2, 0) is 6.18 Å². The molecular formula is C15H15F3N2. The Labute approximate surface area is 115 Å². The Hall–Kier alpha value is -1.88. The number of rotatable bonds is 2. The van der Waals surface area contributed by atoms with E-state index in [9.17, 15) is 13.2 Å². The molecule has 1 aromatic heterocycles. The maximum Gasteiger partial charge on any atom is 0.417 e. The monoisotopic (exact) mass is 280 g/mol. The van der Waals surface area contributed by atoms with E-state index in [0.717, 1.165) is 29.0 Å². The van der Waals surface area contributed by atoms with E-state index < -0.39 is 17.8 Å². The topological polar surface area (TPSA) is 38.9 Å². The molecule has 0 spiro atoms. The second kappa shape index (κ2) is 5.25. The van der Waals surface area contributed by atoms with Crippen LogP contribution in [0.2, 0.25) is 0 Å². The summed E-state index contributed by atoms with van der Waals surface area (Å²) in [5, 5.41) is 0. The van der Waals surface area contributed by atoms with Crippen molar-refractivity contribution in [2.24, 2.45) is 5.73 Å². The predicted molar refractivity (Wildman–Crippen MR) is 71.2 cm³/mol. The lowest BCUT2D eigenvalue weighted by Crippen LogP contribution is -2.16. The van der Waals surface area contributed by atoms with Gasteiger partial charge in [-0.15, -0.1) is 0 Å². The first-order valence-electron chi connectivity index (χ1n) is 6.15. The van der Waals surface area contributed by atoms with Crippen molar-refractivity contribution in [2.45, 2.75) is 26.1 Å². The minimum absolute atomic E-state index is 0.421. The number of nitrogens with zero attached hydrogens (tertiary/aromatic N) is 1. The van der Waals surface area contributed by atoms with Crippen LogP contribution >= 0.6 is 0 Å². The highest BCUT2D eigenvalue weighted by Gasteiger charge is 2.30. The summed E-state index contributed by atoms with van der Waals surface area (Å²) in [5.41, 5.74) is 8.71. The van der Waals surface area contributed by atoms with Crippen LogP contribution in [0.1, 0.15) is 34.0 Å². The van der Waals surface area contributed by atoms with Gasteiger partial charge in [0.2, 0.25) is 0 Å². The molecule has 2 aromatic rings. The summed E-state index contributed by atoms with van der Waals surface area (Å²) >= 11 is 0. The van der Waals surface area contributed by atoms with E-state index in [1.807, 2.05) is 32.0 Å². The maximum absolute atomic E-state index is 12.5. The molecule has 2 nitrogen and oxygen atoms in total. The molecule has 0 saturated carbocycles. The third-order valence-corrected chi connectivity index (χ3v) is 3.19. The van der Waals surface area contributed by atoms with E-state index in [0.29, 0.717) is 5.69 Å². The summed E-state index contributed by atoms with van der Waals surface area (Å²) in [5.74, 6) is 0. The van der Waals surface area contributed by atoms with Crippen molar-refractivity contribution in [2.75, 3.05) is 0 Å². The van der Waals surface area contributed by atoms with Crippen molar-refractivity contribution in [3.63, 3.8) is 0 Å². The molecule has 5 heteroatoms. The molecule has 20 heavy (non-hydrogen) atoms. The molecule has 0 fully saturated rings. The zero-order chi connectivity index (χ0) is 14.9. The van der Waals surface area contributed by atoms with Crippen molar-refractivity contribution in [3.05, 3.63) is 64.5 Å². The normalized spacial score (nSPS) is 13.3. The van der Waals surface area contributed by atoms with E-state index in [-0.39, 0.29) is 0 Å². The van der Waals surface area contributed by atoms with Gasteiger partial charge in [-0.2, -0.15) is 13.2 Å². The van der Waals surface area contributed by atoms with Gasteiger partial charge in [-0.3, -0.25) is 4.98 Å². The number of aryl methyl sites for hydroxylation is 2. The number of aromatic nitrogens is 1.